The Balaban J connectivity index is 3.36. The highest BCUT2D eigenvalue weighted by molar-refractivity contribution is 5.75. The van der Waals surface area contributed by atoms with Crippen LogP contribution in [0.2, 0.25) is 0 Å². The van der Waals surface area contributed by atoms with Crippen LogP contribution in [0, 0.1) is 0 Å². The number of ketones is 1. The highest BCUT2D eigenvalue weighted by atomic mass is 19.1. The lowest BCUT2D eigenvalue weighted by atomic mass is 10.1. The lowest BCUT2D eigenvalue weighted by Crippen LogP contribution is -2.16. The fraction of sp³-hybridized carbons (Fsp3) is 0.800. The van der Waals surface area contributed by atoms with Gasteiger partial charge in [0, 0.05) is 6.42 Å². The molecule has 0 aliphatic rings. The van der Waals surface area contributed by atoms with E-state index in [2.05, 4.69) is 4.74 Å². The lowest BCUT2D eigenvalue weighted by molar-refractivity contribution is -0.146. The van der Waals surface area contributed by atoms with E-state index in [4.69, 9.17) is 0 Å². The molecule has 0 amide bonds. The molecule has 0 fully saturated rings. The second kappa shape index (κ2) is 7.47. The molecule has 0 aromatic rings. The van der Waals surface area contributed by atoms with Crippen molar-refractivity contribution in [3.05, 3.63) is 0 Å². The molecule has 0 aromatic carbocycles. The average molecular weight is 204 g/mol. The van der Waals surface area contributed by atoms with Crippen molar-refractivity contribution in [1.29, 1.82) is 0 Å². The number of hydrogen-bond donors (Lipinski definition) is 0. The van der Waals surface area contributed by atoms with E-state index in [1.54, 1.807) is 0 Å². The lowest BCUT2D eigenvalue weighted by Gasteiger charge is -2.04. The number of alkyl halides is 1. The van der Waals surface area contributed by atoms with Crippen molar-refractivity contribution < 1.29 is 18.7 Å². The maximum Gasteiger partial charge on any atom is 0.340 e. The molecule has 0 aliphatic heterocycles. The summed E-state index contributed by atoms with van der Waals surface area (Å²) in [6, 6.07) is 0. The monoisotopic (exact) mass is 204 g/mol. The summed E-state index contributed by atoms with van der Waals surface area (Å²) in [7, 11) is 1.17. The molecule has 1 atom stereocenters. The Morgan fingerprint density at radius 3 is 2.43 bits per heavy atom. The fourth-order valence-electron chi connectivity index (χ4n) is 1.12. The van der Waals surface area contributed by atoms with Crippen molar-refractivity contribution in [1.82, 2.24) is 0 Å². The quantitative estimate of drug-likeness (QED) is 0.471. The van der Waals surface area contributed by atoms with Gasteiger partial charge in [-0.05, 0) is 26.2 Å². The smallest absolute Gasteiger partial charge is 0.340 e. The molecule has 3 nitrogen and oxygen atoms in total. The van der Waals surface area contributed by atoms with Gasteiger partial charge in [0.15, 0.2) is 6.17 Å². The molecule has 0 rings (SSSR count). The number of methoxy groups -OCH3 is 1. The summed E-state index contributed by atoms with van der Waals surface area (Å²) < 4.78 is 17.1. The minimum Gasteiger partial charge on any atom is -0.467 e. The topological polar surface area (TPSA) is 43.4 Å². The van der Waals surface area contributed by atoms with Crippen LogP contribution in [0.3, 0.4) is 0 Å². The number of halogens is 1. The van der Waals surface area contributed by atoms with Gasteiger partial charge < -0.3 is 9.53 Å². The molecular weight excluding hydrogens is 187 g/mol. The van der Waals surface area contributed by atoms with Gasteiger partial charge in [0.05, 0.1) is 7.11 Å². The molecule has 0 saturated heterocycles. The Morgan fingerprint density at radius 2 is 1.93 bits per heavy atom. The van der Waals surface area contributed by atoms with E-state index < -0.39 is 12.1 Å². The van der Waals surface area contributed by atoms with E-state index in [0.29, 0.717) is 12.8 Å². The molecule has 4 heteroatoms. The van der Waals surface area contributed by atoms with Crippen LogP contribution in [-0.4, -0.2) is 25.0 Å². The van der Waals surface area contributed by atoms with Gasteiger partial charge in [-0.15, -0.1) is 0 Å². The van der Waals surface area contributed by atoms with E-state index >= 15 is 0 Å². The third-order valence-electron chi connectivity index (χ3n) is 1.94. The van der Waals surface area contributed by atoms with Crippen LogP contribution in [0.4, 0.5) is 4.39 Å². The second-order valence-electron chi connectivity index (χ2n) is 3.29. The van der Waals surface area contributed by atoms with Gasteiger partial charge in [0.25, 0.3) is 0 Å². The summed E-state index contributed by atoms with van der Waals surface area (Å²) in [5, 5.41) is 0. The molecule has 0 aromatic heterocycles. The van der Waals surface area contributed by atoms with E-state index in [1.807, 2.05) is 0 Å². The van der Waals surface area contributed by atoms with Crippen LogP contribution in [0.1, 0.15) is 39.0 Å². The zero-order chi connectivity index (χ0) is 11.0. The Kier molecular flexibility index (Phi) is 6.98. The molecule has 0 radical (unpaired) electrons. The minimum atomic E-state index is -1.52. The summed E-state index contributed by atoms with van der Waals surface area (Å²) >= 11 is 0. The van der Waals surface area contributed by atoms with Gasteiger partial charge in [-0.3, -0.25) is 0 Å². The number of esters is 1. The van der Waals surface area contributed by atoms with Crippen molar-refractivity contribution in [2.75, 3.05) is 7.11 Å². The summed E-state index contributed by atoms with van der Waals surface area (Å²) in [5.41, 5.74) is 0. The van der Waals surface area contributed by atoms with Gasteiger partial charge in [-0.25, -0.2) is 9.18 Å². The van der Waals surface area contributed by atoms with Crippen molar-refractivity contribution >= 4 is 11.8 Å². The first-order valence-electron chi connectivity index (χ1n) is 4.79. The number of rotatable bonds is 7. The second-order valence-corrected chi connectivity index (χ2v) is 3.29. The van der Waals surface area contributed by atoms with Crippen LogP contribution in [0.25, 0.3) is 0 Å². The van der Waals surface area contributed by atoms with Crippen molar-refractivity contribution in [3.63, 3.8) is 0 Å². The molecule has 82 valence electrons. The Bertz CT molecular complexity index is 192. The summed E-state index contributed by atoms with van der Waals surface area (Å²) in [6.07, 6.45) is 1.36. The largest absolute Gasteiger partial charge is 0.467 e. The molecule has 0 saturated carbocycles. The highest BCUT2D eigenvalue weighted by Crippen LogP contribution is 2.09. The first-order valence-corrected chi connectivity index (χ1v) is 4.79. The summed E-state index contributed by atoms with van der Waals surface area (Å²) in [5.74, 6) is -0.661. The van der Waals surface area contributed by atoms with Gasteiger partial charge >= 0.3 is 5.97 Å². The first kappa shape index (κ1) is 13.1. The predicted molar refractivity (Wildman–Crippen MR) is 50.7 cm³/mol. The Hall–Kier alpha value is -0.930. The van der Waals surface area contributed by atoms with Crippen LogP contribution < -0.4 is 0 Å². The van der Waals surface area contributed by atoms with E-state index in [9.17, 15) is 14.0 Å². The summed E-state index contributed by atoms with van der Waals surface area (Å²) in [4.78, 5) is 21.2. The van der Waals surface area contributed by atoms with Crippen molar-refractivity contribution in [2.24, 2.45) is 0 Å². The predicted octanol–water partition coefficient (Wildman–Crippen LogP) is 2.04. The van der Waals surface area contributed by atoms with Crippen molar-refractivity contribution in [2.45, 2.75) is 45.2 Å². The molecular formula is C10H17FO3. The zero-order valence-electron chi connectivity index (χ0n) is 8.72. The van der Waals surface area contributed by atoms with Crippen LogP contribution in [0.15, 0.2) is 0 Å². The van der Waals surface area contributed by atoms with Crippen LogP contribution in [-0.2, 0) is 14.3 Å². The number of Topliss-reactive ketones (excluding diaryl/α,β-unsaturated/α-hetero) is 1. The number of unbranched alkanes of at least 4 members (excludes halogenated alkanes) is 2. The van der Waals surface area contributed by atoms with Gasteiger partial charge in [0.1, 0.15) is 5.78 Å². The number of hydrogen-bond acceptors (Lipinski definition) is 3. The first-order chi connectivity index (χ1) is 6.57. The number of carbonyl (C=O) groups is 2. The Morgan fingerprint density at radius 1 is 1.29 bits per heavy atom. The molecule has 0 aliphatic carbocycles. The summed E-state index contributed by atoms with van der Waals surface area (Å²) in [6.45, 7) is 1.53. The molecule has 1 unspecified atom stereocenters. The molecule has 0 N–H and O–H groups in total. The third-order valence-corrected chi connectivity index (χ3v) is 1.94. The van der Waals surface area contributed by atoms with Crippen LogP contribution in [0.5, 0.6) is 0 Å². The highest BCUT2D eigenvalue weighted by Gasteiger charge is 2.16. The van der Waals surface area contributed by atoms with Crippen LogP contribution >= 0.6 is 0 Å². The van der Waals surface area contributed by atoms with Gasteiger partial charge in [0.2, 0.25) is 0 Å². The molecule has 14 heavy (non-hydrogen) atoms. The average Bonchev–Trinajstić information content (AvgIpc) is 2.15. The number of carbonyl (C=O) groups excluding carboxylic acids is 2. The number of ether oxygens (including phenoxy) is 1. The van der Waals surface area contributed by atoms with E-state index in [-0.39, 0.29) is 12.2 Å². The van der Waals surface area contributed by atoms with E-state index in [1.165, 1.54) is 14.0 Å². The molecule has 0 bridgehead atoms. The molecule has 0 heterocycles. The SMILES string of the molecule is COC(=O)C(F)CCCCCC(C)=O. The maximum absolute atomic E-state index is 12.8. The van der Waals surface area contributed by atoms with Gasteiger partial charge in [-0.1, -0.05) is 6.42 Å². The minimum absolute atomic E-state index is 0.148. The van der Waals surface area contributed by atoms with Crippen molar-refractivity contribution in [3.8, 4) is 0 Å². The maximum atomic E-state index is 12.8. The standard InChI is InChI=1S/C10H17FO3/c1-8(12)6-4-3-5-7-9(11)10(13)14-2/h9H,3-7H2,1-2H3. The third kappa shape index (κ3) is 6.57. The molecule has 0 spiro atoms. The van der Waals surface area contributed by atoms with Gasteiger partial charge in [-0.2, -0.15) is 0 Å². The zero-order valence-corrected chi connectivity index (χ0v) is 8.72. The normalized spacial score (nSPS) is 12.2. The van der Waals surface area contributed by atoms with E-state index in [0.717, 1.165) is 12.8 Å². The fourth-order valence-corrected chi connectivity index (χ4v) is 1.12. The Labute approximate surface area is 83.6 Å².